The van der Waals surface area contributed by atoms with E-state index >= 15 is 0 Å². The molecule has 27 heavy (non-hydrogen) atoms. The van der Waals surface area contributed by atoms with Gasteiger partial charge < -0.3 is 15.3 Å². The molecule has 0 heterocycles. The molecule has 0 saturated carbocycles. The van der Waals surface area contributed by atoms with E-state index in [2.05, 4.69) is 0 Å². The topological polar surface area (TPSA) is 112 Å². The van der Waals surface area contributed by atoms with Gasteiger partial charge in [0.25, 0.3) is 0 Å². The number of phenols is 2. The summed E-state index contributed by atoms with van der Waals surface area (Å²) in [6.45, 7) is 1.20. The van der Waals surface area contributed by atoms with Crippen LogP contribution in [-0.4, -0.2) is 38.3 Å². The average Bonchev–Trinajstić information content (AvgIpc) is 2.62. The minimum absolute atomic E-state index is 0.00352. The lowest BCUT2D eigenvalue weighted by atomic mass is 9.73. The van der Waals surface area contributed by atoms with Crippen LogP contribution in [0.1, 0.15) is 56.3 Å². The normalized spacial score (nSPS) is 20.7. The van der Waals surface area contributed by atoms with Crippen LogP contribution in [0.15, 0.2) is 18.2 Å². The third-order valence-electron chi connectivity index (χ3n) is 5.30. The van der Waals surface area contributed by atoms with Crippen LogP contribution in [0, 0.1) is 12.2 Å². The number of hydrogen-bond donors (Lipinski definition) is 3. The van der Waals surface area contributed by atoms with Gasteiger partial charge in [-0.15, -0.1) is 0 Å². The lowest BCUT2D eigenvalue weighted by Crippen LogP contribution is -2.42. The van der Waals surface area contributed by atoms with Gasteiger partial charge in [0, 0.05) is 23.1 Å². The lowest BCUT2D eigenvalue weighted by Gasteiger charge is -2.33. The molecule has 1 atom stereocenters. The lowest BCUT2D eigenvalue weighted by molar-refractivity contribution is -0.135. The second kappa shape index (κ2) is 5.47. The molecule has 7 heteroatoms. The van der Waals surface area contributed by atoms with Crippen molar-refractivity contribution in [2.45, 2.75) is 25.4 Å². The molecule has 3 N–H and O–H groups in total. The van der Waals surface area contributed by atoms with E-state index in [1.807, 2.05) is 0 Å². The van der Waals surface area contributed by atoms with Crippen LogP contribution in [0.25, 0.3) is 0 Å². The van der Waals surface area contributed by atoms with Crippen LogP contribution in [0.5, 0.6) is 11.5 Å². The standard InChI is InChI=1S/C20H14FO6/c1-8(22)20(27)6-5-9-11(7-20)18(25)14-15(16(9)23)19(26)13-10(17(14)24)3-2-4-12(13)21/h2-5,23,25,27H,6-7H2,1H3/t20-/m0/s1. The van der Waals surface area contributed by atoms with E-state index in [1.54, 1.807) is 0 Å². The maximum Gasteiger partial charge on any atom is 0.201 e. The number of ketones is 3. The van der Waals surface area contributed by atoms with Gasteiger partial charge >= 0.3 is 0 Å². The zero-order valence-corrected chi connectivity index (χ0v) is 14.2. The summed E-state index contributed by atoms with van der Waals surface area (Å²) >= 11 is 0. The fourth-order valence-corrected chi connectivity index (χ4v) is 3.74. The molecule has 2 aromatic carbocycles. The van der Waals surface area contributed by atoms with Crippen molar-refractivity contribution < 1.29 is 34.1 Å². The van der Waals surface area contributed by atoms with E-state index in [-0.39, 0.29) is 29.5 Å². The minimum Gasteiger partial charge on any atom is -0.507 e. The molecule has 0 unspecified atom stereocenters. The van der Waals surface area contributed by atoms with E-state index in [4.69, 9.17) is 0 Å². The van der Waals surface area contributed by atoms with Gasteiger partial charge in [0.05, 0.1) is 16.7 Å². The van der Waals surface area contributed by atoms with E-state index in [9.17, 15) is 34.1 Å². The zero-order valence-electron chi connectivity index (χ0n) is 14.2. The number of aromatic hydroxyl groups is 2. The van der Waals surface area contributed by atoms with Crippen molar-refractivity contribution in [3.63, 3.8) is 0 Å². The van der Waals surface area contributed by atoms with E-state index in [1.165, 1.54) is 25.5 Å². The van der Waals surface area contributed by atoms with Crippen LogP contribution in [0.3, 0.4) is 0 Å². The van der Waals surface area contributed by atoms with Crippen molar-refractivity contribution >= 4 is 17.3 Å². The number of Topliss-reactive ketones (excluding diaryl/α,β-unsaturated/α-hetero) is 1. The third-order valence-corrected chi connectivity index (χ3v) is 5.30. The number of carbonyl (C=O) groups is 3. The molecule has 2 aromatic rings. The zero-order chi connectivity index (χ0) is 19.7. The summed E-state index contributed by atoms with van der Waals surface area (Å²) in [5.74, 6) is -4.32. The van der Waals surface area contributed by atoms with Crippen LogP contribution in [0.2, 0.25) is 0 Å². The Morgan fingerprint density at radius 1 is 1.07 bits per heavy atom. The highest BCUT2D eigenvalue weighted by Crippen LogP contribution is 2.47. The highest BCUT2D eigenvalue weighted by atomic mass is 19.1. The summed E-state index contributed by atoms with van der Waals surface area (Å²) in [5, 5.41) is 31.7. The van der Waals surface area contributed by atoms with Gasteiger partial charge in [-0.2, -0.15) is 0 Å². The molecular weight excluding hydrogens is 355 g/mol. The smallest absolute Gasteiger partial charge is 0.201 e. The molecule has 0 saturated heterocycles. The molecule has 0 aromatic heterocycles. The average molecular weight is 369 g/mol. The molecular formula is C20H14FO6. The minimum atomic E-state index is -1.78. The number of benzene rings is 2. The molecule has 2 aliphatic rings. The van der Waals surface area contributed by atoms with E-state index in [0.717, 1.165) is 6.07 Å². The predicted molar refractivity (Wildman–Crippen MR) is 90.4 cm³/mol. The van der Waals surface area contributed by atoms with Crippen molar-refractivity contribution in [3.8, 4) is 11.5 Å². The summed E-state index contributed by atoms with van der Waals surface area (Å²) in [5.41, 5.74) is -3.33. The molecule has 6 nitrogen and oxygen atoms in total. The van der Waals surface area contributed by atoms with Gasteiger partial charge in [-0.1, -0.05) is 12.1 Å². The molecule has 0 fully saturated rings. The number of fused-ring (bicyclic) bond motifs is 3. The Morgan fingerprint density at radius 2 is 1.74 bits per heavy atom. The van der Waals surface area contributed by atoms with Gasteiger partial charge in [0.1, 0.15) is 22.9 Å². The Balaban J connectivity index is 2.01. The maximum atomic E-state index is 14.2. The Bertz CT molecular complexity index is 1070. The predicted octanol–water partition coefficient (Wildman–Crippen LogP) is 1.83. The molecule has 0 spiro atoms. The first-order valence-electron chi connectivity index (χ1n) is 8.22. The Labute approximate surface area is 152 Å². The van der Waals surface area contributed by atoms with Gasteiger partial charge in [-0.05, 0) is 25.8 Å². The maximum absolute atomic E-state index is 14.2. The van der Waals surface area contributed by atoms with Crippen molar-refractivity contribution in [3.05, 3.63) is 63.8 Å². The number of carbonyl (C=O) groups excluding carboxylic acids is 3. The third kappa shape index (κ3) is 2.18. The Morgan fingerprint density at radius 3 is 2.41 bits per heavy atom. The molecule has 0 bridgehead atoms. The molecule has 0 amide bonds. The summed E-state index contributed by atoms with van der Waals surface area (Å²) in [7, 11) is 0. The summed E-state index contributed by atoms with van der Waals surface area (Å²) in [6, 6.07) is 3.56. The molecule has 4 rings (SSSR count). The van der Waals surface area contributed by atoms with Crippen LogP contribution in [-0.2, 0) is 11.2 Å². The van der Waals surface area contributed by atoms with Gasteiger partial charge in [-0.3, -0.25) is 14.4 Å². The van der Waals surface area contributed by atoms with Crippen molar-refractivity contribution in [2.24, 2.45) is 0 Å². The number of halogens is 1. The van der Waals surface area contributed by atoms with Crippen LogP contribution >= 0.6 is 0 Å². The highest BCUT2D eigenvalue weighted by Gasteiger charge is 2.44. The molecule has 137 valence electrons. The number of rotatable bonds is 1. The first-order chi connectivity index (χ1) is 12.7. The number of hydrogen-bond acceptors (Lipinski definition) is 6. The highest BCUT2D eigenvalue weighted by molar-refractivity contribution is 6.30. The summed E-state index contributed by atoms with van der Waals surface area (Å²) < 4.78 is 14.2. The van der Waals surface area contributed by atoms with Crippen molar-refractivity contribution in [1.82, 2.24) is 0 Å². The fraction of sp³-hybridized carbons (Fsp3) is 0.200. The molecule has 1 radical (unpaired) electrons. The first-order valence-corrected chi connectivity index (χ1v) is 8.22. The second-order valence-electron chi connectivity index (χ2n) is 6.83. The first kappa shape index (κ1) is 17.4. The van der Waals surface area contributed by atoms with Crippen LogP contribution in [0.4, 0.5) is 4.39 Å². The van der Waals surface area contributed by atoms with Gasteiger partial charge in [0.2, 0.25) is 5.78 Å². The van der Waals surface area contributed by atoms with Gasteiger partial charge in [-0.25, -0.2) is 4.39 Å². The van der Waals surface area contributed by atoms with Crippen LogP contribution < -0.4 is 0 Å². The SMILES string of the molecule is CC(=O)[C@]1(O)C[CH]c2c(O)c3c(c(O)c2C1)C(=O)c1cccc(F)c1C3=O. The summed E-state index contributed by atoms with van der Waals surface area (Å²) in [6.07, 6.45) is 0.872. The monoisotopic (exact) mass is 369 g/mol. The largest absolute Gasteiger partial charge is 0.507 e. The Hall–Kier alpha value is -3.06. The number of aliphatic hydroxyl groups is 1. The van der Waals surface area contributed by atoms with E-state index < -0.39 is 57.0 Å². The van der Waals surface area contributed by atoms with Crippen molar-refractivity contribution in [2.75, 3.05) is 0 Å². The van der Waals surface area contributed by atoms with Crippen molar-refractivity contribution in [1.29, 1.82) is 0 Å². The summed E-state index contributed by atoms with van der Waals surface area (Å²) in [4.78, 5) is 37.4. The quantitative estimate of drug-likeness (QED) is 0.564. The van der Waals surface area contributed by atoms with Gasteiger partial charge in [0.15, 0.2) is 11.6 Å². The number of phenolic OH excluding ortho intramolecular Hbond substituents is 2. The Kier molecular flexibility index (Phi) is 3.52. The molecule has 0 aliphatic heterocycles. The second-order valence-corrected chi connectivity index (χ2v) is 6.83. The fourth-order valence-electron chi connectivity index (χ4n) is 3.74. The van der Waals surface area contributed by atoms with E-state index in [0.29, 0.717) is 0 Å². The molecule has 2 aliphatic carbocycles.